The fourth-order valence-corrected chi connectivity index (χ4v) is 3.11. The lowest BCUT2D eigenvalue weighted by Crippen LogP contribution is -2.57. The summed E-state index contributed by atoms with van der Waals surface area (Å²) in [6, 6.07) is 5.41. The Balaban J connectivity index is 2.13. The smallest absolute Gasteiger partial charge is 0.186 e. The molecule has 0 spiro atoms. The van der Waals surface area contributed by atoms with E-state index in [2.05, 4.69) is 4.98 Å². The molecule has 1 saturated heterocycles. The molecule has 1 fully saturated rings. The van der Waals surface area contributed by atoms with Crippen molar-refractivity contribution < 1.29 is 24.8 Å². The van der Waals surface area contributed by atoms with Crippen LogP contribution in [0, 0.1) is 0 Å². The lowest BCUT2D eigenvalue weighted by Gasteiger charge is -2.41. The van der Waals surface area contributed by atoms with Gasteiger partial charge in [-0.1, -0.05) is 17.8 Å². The summed E-state index contributed by atoms with van der Waals surface area (Å²) in [5, 5.41) is 29.5. The van der Waals surface area contributed by atoms with E-state index < -0.39 is 29.9 Å². The van der Waals surface area contributed by atoms with Gasteiger partial charge in [0.15, 0.2) is 6.29 Å². The van der Waals surface area contributed by atoms with E-state index in [4.69, 9.17) is 9.47 Å². The van der Waals surface area contributed by atoms with Crippen LogP contribution in [0.1, 0.15) is 0 Å². The van der Waals surface area contributed by atoms with Crippen molar-refractivity contribution in [3.63, 3.8) is 0 Å². The summed E-state index contributed by atoms with van der Waals surface area (Å²) in [5.41, 5.74) is 0. The molecule has 3 N–H and O–H groups in total. The number of nitrogens with zero attached hydrogens (tertiary/aromatic N) is 1. The summed E-state index contributed by atoms with van der Waals surface area (Å²) in [7, 11) is 1.38. The van der Waals surface area contributed by atoms with Crippen molar-refractivity contribution in [1.82, 2.24) is 4.98 Å². The van der Waals surface area contributed by atoms with Crippen molar-refractivity contribution in [2.75, 3.05) is 13.7 Å². The van der Waals surface area contributed by atoms with Gasteiger partial charge in [-0.3, -0.25) is 0 Å². The Morgan fingerprint density at radius 3 is 2.74 bits per heavy atom. The first-order valence-electron chi connectivity index (χ1n) is 5.90. The van der Waals surface area contributed by atoms with E-state index in [0.29, 0.717) is 5.03 Å². The first-order chi connectivity index (χ1) is 9.17. The van der Waals surface area contributed by atoms with Gasteiger partial charge < -0.3 is 24.8 Å². The predicted octanol–water partition coefficient (Wildman–Crippen LogP) is -0.372. The van der Waals surface area contributed by atoms with E-state index in [1.807, 2.05) is 6.07 Å². The maximum atomic E-state index is 10.1. The van der Waals surface area contributed by atoms with Crippen molar-refractivity contribution in [3.05, 3.63) is 24.4 Å². The van der Waals surface area contributed by atoms with Crippen LogP contribution in [0.5, 0.6) is 0 Å². The Morgan fingerprint density at radius 2 is 2.16 bits per heavy atom. The van der Waals surface area contributed by atoms with E-state index in [0.717, 1.165) is 0 Å². The molecule has 1 aromatic rings. The zero-order valence-corrected chi connectivity index (χ0v) is 11.2. The molecule has 1 aliphatic rings. The Morgan fingerprint density at radius 1 is 1.37 bits per heavy atom. The number of thioether (sulfide) groups is 1. The molecule has 0 aliphatic carbocycles. The van der Waals surface area contributed by atoms with Crippen LogP contribution < -0.4 is 0 Å². The van der Waals surface area contributed by atoms with Gasteiger partial charge in [0.1, 0.15) is 6.10 Å². The Hall–Kier alpha value is -0.700. The lowest BCUT2D eigenvalue weighted by molar-refractivity contribution is -0.259. The highest BCUT2D eigenvalue weighted by Crippen LogP contribution is 2.33. The standard InChI is InChI=1S/C12H17NO5S/c1-17-12-10(16)9(15)11(7(6-14)18-12)19-8-4-2-3-5-13-8/h2-5,7,9-12,14-16H,6H2,1H3. The summed E-state index contributed by atoms with van der Waals surface area (Å²) >= 11 is 1.26. The molecule has 1 aliphatic heterocycles. The average molecular weight is 287 g/mol. The molecule has 0 radical (unpaired) electrons. The highest BCUT2D eigenvalue weighted by Gasteiger charge is 2.45. The van der Waals surface area contributed by atoms with Gasteiger partial charge in [-0.15, -0.1) is 0 Å². The van der Waals surface area contributed by atoms with Gasteiger partial charge in [-0.05, 0) is 12.1 Å². The summed E-state index contributed by atoms with van der Waals surface area (Å²) in [6.07, 6.45) is -2.15. The van der Waals surface area contributed by atoms with Crippen LogP contribution in [-0.2, 0) is 9.47 Å². The van der Waals surface area contributed by atoms with E-state index in [1.54, 1.807) is 18.3 Å². The van der Waals surface area contributed by atoms with Gasteiger partial charge in [0.25, 0.3) is 0 Å². The third kappa shape index (κ3) is 3.25. The number of hydrogen-bond donors (Lipinski definition) is 3. The summed E-state index contributed by atoms with van der Waals surface area (Å²) < 4.78 is 10.4. The second kappa shape index (κ2) is 6.65. The Bertz CT molecular complexity index is 391. The largest absolute Gasteiger partial charge is 0.394 e. The molecule has 0 saturated carbocycles. The molecule has 0 amide bonds. The number of pyridine rings is 1. The highest BCUT2D eigenvalue weighted by molar-refractivity contribution is 8.00. The quantitative estimate of drug-likeness (QED) is 0.695. The third-order valence-corrected chi connectivity index (χ3v) is 4.29. The minimum Gasteiger partial charge on any atom is -0.394 e. The van der Waals surface area contributed by atoms with Crippen molar-refractivity contribution in [1.29, 1.82) is 0 Å². The number of aliphatic hydroxyl groups excluding tert-OH is 3. The van der Waals surface area contributed by atoms with Gasteiger partial charge in [-0.25, -0.2) is 4.98 Å². The molecule has 2 heterocycles. The number of hydrogen-bond acceptors (Lipinski definition) is 7. The van der Waals surface area contributed by atoms with Gasteiger partial charge in [0.2, 0.25) is 0 Å². The highest BCUT2D eigenvalue weighted by atomic mass is 32.2. The van der Waals surface area contributed by atoms with Gasteiger partial charge in [0.05, 0.1) is 29.1 Å². The molecule has 1 aromatic heterocycles. The zero-order chi connectivity index (χ0) is 13.8. The molecule has 19 heavy (non-hydrogen) atoms. The number of ether oxygens (including phenoxy) is 2. The van der Waals surface area contributed by atoms with Crippen LogP contribution in [0.2, 0.25) is 0 Å². The minimum absolute atomic E-state index is 0.270. The third-order valence-electron chi connectivity index (χ3n) is 2.95. The Kier molecular flexibility index (Phi) is 5.14. The van der Waals surface area contributed by atoms with E-state index in [1.165, 1.54) is 18.9 Å². The summed E-state index contributed by atoms with van der Waals surface area (Å²) in [6.45, 7) is -0.270. The molecule has 106 valence electrons. The van der Waals surface area contributed by atoms with E-state index in [9.17, 15) is 15.3 Å². The fourth-order valence-electron chi connectivity index (χ4n) is 1.95. The number of aromatic nitrogens is 1. The number of aliphatic hydroxyl groups is 3. The zero-order valence-electron chi connectivity index (χ0n) is 10.4. The number of methoxy groups -OCH3 is 1. The topological polar surface area (TPSA) is 92.0 Å². The molecular weight excluding hydrogens is 270 g/mol. The van der Waals surface area contributed by atoms with E-state index >= 15 is 0 Å². The van der Waals surface area contributed by atoms with Crippen molar-refractivity contribution >= 4 is 11.8 Å². The fraction of sp³-hybridized carbons (Fsp3) is 0.583. The average Bonchev–Trinajstić information content (AvgIpc) is 2.45. The van der Waals surface area contributed by atoms with Crippen molar-refractivity contribution in [2.45, 2.75) is 34.9 Å². The van der Waals surface area contributed by atoms with Crippen LogP contribution in [0.4, 0.5) is 0 Å². The van der Waals surface area contributed by atoms with Crippen LogP contribution in [-0.4, -0.2) is 63.9 Å². The van der Waals surface area contributed by atoms with Crippen LogP contribution in [0.3, 0.4) is 0 Å². The lowest BCUT2D eigenvalue weighted by atomic mass is 10.0. The molecule has 0 aromatic carbocycles. The molecule has 7 heteroatoms. The van der Waals surface area contributed by atoms with Crippen LogP contribution >= 0.6 is 11.8 Å². The first kappa shape index (κ1) is 14.7. The van der Waals surface area contributed by atoms with E-state index in [-0.39, 0.29) is 6.61 Å². The first-order valence-corrected chi connectivity index (χ1v) is 6.78. The Labute approximate surface area is 115 Å². The normalized spacial score (nSPS) is 35.3. The van der Waals surface area contributed by atoms with Crippen LogP contribution in [0.25, 0.3) is 0 Å². The molecule has 0 bridgehead atoms. The van der Waals surface area contributed by atoms with Gasteiger partial charge in [0, 0.05) is 13.3 Å². The van der Waals surface area contributed by atoms with Crippen molar-refractivity contribution in [3.8, 4) is 0 Å². The monoisotopic (exact) mass is 287 g/mol. The molecule has 2 rings (SSSR count). The molecule has 5 unspecified atom stereocenters. The molecular formula is C12H17NO5S. The summed E-state index contributed by atoms with van der Waals surface area (Å²) in [5.74, 6) is 0. The number of rotatable bonds is 4. The maximum absolute atomic E-state index is 10.1. The molecule has 5 atom stereocenters. The van der Waals surface area contributed by atoms with Crippen molar-refractivity contribution in [2.24, 2.45) is 0 Å². The minimum atomic E-state index is -1.16. The summed E-state index contributed by atoms with van der Waals surface area (Å²) in [4.78, 5) is 4.14. The second-order valence-electron chi connectivity index (χ2n) is 4.19. The predicted molar refractivity (Wildman–Crippen MR) is 68.7 cm³/mol. The molecule has 6 nitrogen and oxygen atoms in total. The maximum Gasteiger partial charge on any atom is 0.186 e. The second-order valence-corrected chi connectivity index (χ2v) is 5.39. The SMILES string of the molecule is COC1OC(CO)C(Sc2ccccn2)C(O)C1O. The van der Waals surface area contributed by atoms with Gasteiger partial charge in [-0.2, -0.15) is 0 Å². The van der Waals surface area contributed by atoms with Gasteiger partial charge >= 0.3 is 0 Å². The van der Waals surface area contributed by atoms with Crippen LogP contribution in [0.15, 0.2) is 29.4 Å².